The quantitative estimate of drug-likeness (QED) is 0.646. The number of methoxy groups -OCH3 is 1. The predicted octanol–water partition coefficient (Wildman–Crippen LogP) is 4.40. The first kappa shape index (κ1) is 16.6. The molecule has 0 spiro atoms. The van der Waals surface area contributed by atoms with Gasteiger partial charge in [-0.05, 0) is 49.2 Å². The average Bonchev–Trinajstić information content (AvgIpc) is 2.96. The zero-order chi connectivity index (χ0) is 17.1. The van der Waals surface area contributed by atoms with Crippen LogP contribution in [0.5, 0.6) is 5.75 Å². The molecule has 2 aromatic carbocycles. The van der Waals surface area contributed by atoms with Crippen LogP contribution in [0.2, 0.25) is 0 Å². The molecular weight excluding hydrogens is 318 g/mol. The Labute approximate surface area is 146 Å². The summed E-state index contributed by atoms with van der Waals surface area (Å²) in [6.07, 6.45) is 0. The molecule has 3 aromatic rings. The molecule has 4 nitrogen and oxygen atoms in total. The lowest BCUT2D eigenvalue weighted by molar-refractivity contribution is 0.415. The average molecular weight is 339 g/mol. The van der Waals surface area contributed by atoms with Crippen molar-refractivity contribution in [1.82, 2.24) is 14.8 Å². The standard InChI is InChI=1S/C19H21N3OS/c1-13-5-6-14(2)16(11-13)12-24-19-21-20-18(22(19)3)15-7-9-17(23-4)10-8-15/h5-11H,12H2,1-4H3. The van der Waals surface area contributed by atoms with Gasteiger partial charge in [-0.15, -0.1) is 10.2 Å². The van der Waals surface area contributed by atoms with E-state index in [0.717, 1.165) is 28.0 Å². The van der Waals surface area contributed by atoms with Crippen molar-refractivity contribution in [3.05, 3.63) is 59.2 Å². The van der Waals surface area contributed by atoms with Crippen LogP contribution in [-0.4, -0.2) is 21.9 Å². The number of ether oxygens (including phenoxy) is 1. The van der Waals surface area contributed by atoms with Gasteiger partial charge in [0.15, 0.2) is 11.0 Å². The third-order valence-corrected chi connectivity index (χ3v) is 5.11. The molecule has 0 aliphatic rings. The van der Waals surface area contributed by atoms with Crippen LogP contribution < -0.4 is 4.74 Å². The van der Waals surface area contributed by atoms with Gasteiger partial charge in [0, 0.05) is 18.4 Å². The number of aryl methyl sites for hydroxylation is 2. The second-order valence-corrected chi connectivity index (χ2v) is 6.75. The molecule has 0 saturated carbocycles. The second-order valence-electron chi connectivity index (χ2n) is 5.81. The summed E-state index contributed by atoms with van der Waals surface area (Å²) < 4.78 is 7.24. The molecule has 24 heavy (non-hydrogen) atoms. The van der Waals surface area contributed by atoms with Crippen molar-refractivity contribution in [3.8, 4) is 17.1 Å². The van der Waals surface area contributed by atoms with Gasteiger partial charge in [0.2, 0.25) is 0 Å². The van der Waals surface area contributed by atoms with E-state index in [-0.39, 0.29) is 0 Å². The van der Waals surface area contributed by atoms with Crippen molar-refractivity contribution in [3.63, 3.8) is 0 Å². The Morgan fingerprint density at radius 2 is 1.79 bits per heavy atom. The van der Waals surface area contributed by atoms with Gasteiger partial charge >= 0.3 is 0 Å². The molecular formula is C19H21N3OS. The molecule has 0 N–H and O–H groups in total. The molecule has 124 valence electrons. The number of benzene rings is 2. The summed E-state index contributed by atoms with van der Waals surface area (Å²) >= 11 is 1.71. The first-order chi connectivity index (χ1) is 11.6. The van der Waals surface area contributed by atoms with Crippen molar-refractivity contribution in [2.75, 3.05) is 7.11 Å². The molecule has 1 heterocycles. The summed E-state index contributed by atoms with van der Waals surface area (Å²) in [5.41, 5.74) is 4.97. The van der Waals surface area contributed by atoms with Gasteiger partial charge in [-0.25, -0.2) is 0 Å². The Hall–Kier alpha value is -2.27. The van der Waals surface area contributed by atoms with Gasteiger partial charge in [0.1, 0.15) is 5.75 Å². The monoisotopic (exact) mass is 339 g/mol. The lowest BCUT2D eigenvalue weighted by Crippen LogP contribution is -1.96. The normalized spacial score (nSPS) is 10.8. The van der Waals surface area contributed by atoms with Crippen LogP contribution in [0.15, 0.2) is 47.6 Å². The van der Waals surface area contributed by atoms with E-state index >= 15 is 0 Å². The molecule has 0 fully saturated rings. The van der Waals surface area contributed by atoms with E-state index in [4.69, 9.17) is 4.74 Å². The van der Waals surface area contributed by atoms with E-state index in [2.05, 4.69) is 42.2 Å². The van der Waals surface area contributed by atoms with Crippen LogP contribution >= 0.6 is 11.8 Å². The van der Waals surface area contributed by atoms with Crippen molar-refractivity contribution < 1.29 is 4.74 Å². The van der Waals surface area contributed by atoms with E-state index in [1.165, 1.54) is 16.7 Å². The molecule has 3 rings (SSSR count). The molecule has 1 aromatic heterocycles. The molecule has 5 heteroatoms. The fourth-order valence-corrected chi connectivity index (χ4v) is 3.50. The zero-order valence-corrected chi connectivity index (χ0v) is 15.2. The van der Waals surface area contributed by atoms with Crippen LogP contribution in [0.4, 0.5) is 0 Å². The summed E-state index contributed by atoms with van der Waals surface area (Å²) in [5, 5.41) is 9.61. The number of aromatic nitrogens is 3. The summed E-state index contributed by atoms with van der Waals surface area (Å²) in [5.74, 6) is 2.59. The number of thioether (sulfide) groups is 1. The third-order valence-electron chi connectivity index (χ3n) is 4.04. The predicted molar refractivity (Wildman–Crippen MR) is 98.5 cm³/mol. The maximum absolute atomic E-state index is 5.20. The van der Waals surface area contributed by atoms with Crippen LogP contribution in [-0.2, 0) is 12.8 Å². The summed E-state index contributed by atoms with van der Waals surface area (Å²) in [6, 6.07) is 14.4. The Kier molecular flexibility index (Phi) is 4.90. The van der Waals surface area contributed by atoms with Gasteiger partial charge in [-0.1, -0.05) is 35.5 Å². The van der Waals surface area contributed by atoms with Crippen molar-refractivity contribution in [2.45, 2.75) is 24.8 Å². The van der Waals surface area contributed by atoms with Gasteiger partial charge < -0.3 is 9.30 Å². The smallest absolute Gasteiger partial charge is 0.191 e. The van der Waals surface area contributed by atoms with Gasteiger partial charge in [-0.3, -0.25) is 0 Å². The highest BCUT2D eigenvalue weighted by molar-refractivity contribution is 7.98. The first-order valence-corrected chi connectivity index (χ1v) is 8.80. The topological polar surface area (TPSA) is 39.9 Å². The fraction of sp³-hybridized carbons (Fsp3) is 0.263. The number of hydrogen-bond donors (Lipinski definition) is 0. The highest BCUT2D eigenvalue weighted by Crippen LogP contribution is 2.27. The van der Waals surface area contributed by atoms with E-state index in [0.29, 0.717) is 0 Å². The van der Waals surface area contributed by atoms with E-state index in [1.54, 1.807) is 18.9 Å². The number of hydrogen-bond acceptors (Lipinski definition) is 4. The third kappa shape index (κ3) is 3.46. The second kappa shape index (κ2) is 7.09. The molecule has 0 radical (unpaired) electrons. The van der Waals surface area contributed by atoms with E-state index < -0.39 is 0 Å². The van der Waals surface area contributed by atoms with Gasteiger partial charge in [0.05, 0.1) is 7.11 Å². The SMILES string of the molecule is COc1ccc(-c2nnc(SCc3cc(C)ccc3C)n2C)cc1. The van der Waals surface area contributed by atoms with Crippen LogP contribution in [0.25, 0.3) is 11.4 Å². The minimum Gasteiger partial charge on any atom is -0.497 e. The molecule has 0 unspecified atom stereocenters. The largest absolute Gasteiger partial charge is 0.497 e. The molecule has 0 saturated heterocycles. The maximum atomic E-state index is 5.20. The molecule has 0 bridgehead atoms. The van der Waals surface area contributed by atoms with Crippen molar-refractivity contribution in [2.24, 2.45) is 7.05 Å². The Morgan fingerprint density at radius 3 is 2.50 bits per heavy atom. The Bertz CT molecular complexity index is 840. The molecule has 0 aliphatic carbocycles. The molecule has 0 amide bonds. The van der Waals surface area contributed by atoms with E-state index in [9.17, 15) is 0 Å². The molecule has 0 aliphatic heterocycles. The first-order valence-electron chi connectivity index (χ1n) is 7.81. The highest BCUT2D eigenvalue weighted by atomic mass is 32.2. The van der Waals surface area contributed by atoms with Crippen LogP contribution in [0.3, 0.4) is 0 Å². The highest BCUT2D eigenvalue weighted by Gasteiger charge is 2.12. The molecule has 0 atom stereocenters. The Morgan fingerprint density at radius 1 is 1.04 bits per heavy atom. The van der Waals surface area contributed by atoms with E-state index in [1.807, 2.05) is 35.9 Å². The lowest BCUT2D eigenvalue weighted by atomic mass is 10.1. The fourth-order valence-electron chi connectivity index (χ4n) is 2.53. The summed E-state index contributed by atoms with van der Waals surface area (Å²) in [6.45, 7) is 4.27. The number of nitrogens with zero attached hydrogens (tertiary/aromatic N) is 3. The van der Waals surface area contributed by atoms with Crippen LogP contribution in [0.1, 0.15) is 16.7 Å². The van der Waals surface area contributed by atoms with Crippen molar-refractivity contribution in [1.29, 1.82) is 0 Å². The van der Waals surface area contributed by atoms with Gasteiger partial charge in [-0.2, -0.15) is 0 Å². The summed E-state index contributed by atoms with van der Waals surface area (Å²) in [7, 11) is 3.67. The minimum atomic E-state index is 0.838. The summed E-state index contributed by atoms with van der Waals surface area (Å²) in [4.78, 5) is 0. The lowest BCUT2D eigenvalue weighted by Gasteiger charge is -2.07. The number of rotatable bonds is 5. The minimum absolute atomic E-state index is 0.838. The van der Waals surface area contributed by atoms with Gasteiger partial charge in [0.25, 0.3) is 0 Å². The maximum Gasteiger partial charge on any atom is 0.191 e. The Balaban J connectivity index is 1.78. The van der Waals surface area contributed by atoms with Crippen LogP contribution in [0, 0.1) is 13.8 Å². The zero-order valence-electron chi connectivity index (χ0n) is 14.4. The van der Waals surface area contributed by atoms with Crippen molar-refractivity contribution >= 4 is 11.8 Å².